The average molecular weight is 428 g/mol. The fourth-order valence-corrected chi connectivity index (χ4v) is 4.53. The number of aryl methyl sites for hydroxylation is 2. The third-order valence-electron chi connectivity index (χ3n) is 6.42. The van der Waals surface area contributed by atoms with Crippen LogP contribution >= 0.6 is 0 Å². The lowest BCUT2D eigenvalue weighted by Crippen LogP contribution is -2.37. The number of carbonyl (C=O) groups excluding carboxylic acids is 2. The van der Waals surface area contributed by atoms with Crippen molar-refractivity contribution in [2.24, 2.45) is 5.41 Å². The Morgan fingerprint density at radius 1 is 1.19 bits per heavy atom. The van der Waals surface area contributed by atoms with Gasteiger partial charge in [0.15, 0.2) is 5.65 Å². The van der Waals surface area contributed by atoms with E-state index in [1.54, 1.807) is 0 Å². The van der Waals surface area contributed by atoms with Crippen LogP contribution in [0.15, 0.2) is 6.07 Å². The van der Waals surface area contributed by atoms with Crippen LogP contribution in [0.4, 0.5) is 0 Å². The molecule has 0 radical (unpaired) electrons. The molecule has 170 valence electrons. The maximum absolute atomic E-state index is 12.6. The molecule has 0 aromatic carbocycles. The lowest BCUT2D eigenvalue weighted by atomic mass is 9.95. The number of fused-ring (bicyclic) bond motifs is 1. The fraction of sp³-hybridized carbons (Fsp3) is 0.667. The van der Waals surface area contributed by atoms with Crippen LogP contribution < -0.4 is 0 Å². The molecule has 1 aliphatic rings. The second kappa shape index (κ2) is 8.97. The molecule has 3 heterocycles. The van der Waals surface area contributed by atoms with Crippen LogP contribution in [0.5, 0.6) is 0 Å². The first-order valence-corrected chi connectivity index (χ1v) is 11.5. The maximum atomic E-state index is 12.6. The molecule has 1 fully saturated rings. The topological polar surface area (TPSA) is 70.8 Å². The zero-order chi connectivity index (χ0) is 22.9. The molecule has 31 heavy (non-hydrogen) atoms. The Bertz CT molecular complexity index is 968. The van der Waals surface area contributed by atoms with E-state index in [2.05, 4.69) is 13.0 Å². The summed E-state index contributed by atoms with van der Waals surface area (Å²) in [6.07, 6.45) is 2.08. The van der Waals surface area contributed by atoms with Crippen molar-refractivity contribution in [3.05, 3.63) is 28.7 Å². The number of likely N-dealkylation sites (tertiary alicyclic amines) is 1. The van der Waals surface area contributed by atoms with E-state index in [0.717, 1.165) is 54.3 Å². The molecule has 0 spiro atoms. The molecule has 2 amide bonds. The Labute approximate surface area is 185 Å². The van der Waals surface area contributed by atoms with Gasteiger partial charge in [0.1, 0.15) is 0 Å². The van der Waals surface area contributed by atoms with Crippen molar-refractivity contribution in [3.8, 4) is 0 Å². The number of hydrogen-bond acceptors (Lipinski definition) is 4. The average Bonchev–Trinajstić information content (AvgIpc) is 3.34. The first kappa shape index (κ1) is 23.2. The molecular formula is C24H37N5O2. The van der Waals surface area contributed by atoms with Gasteiger partial charge in [-0.15, -0.1) is 0 Å². The highest BCUT2D eigenvalue weighted by Crippen LogP contribution is 2.30. The van der Waals surface area contributed by atoms with E-state index < -0.39 is 0 Å². The molecule has 7 nitrogen and oxygen atoms in total. The zero-order valence-electron chi connectivity index (χ0n) is 20.2. The van der Waals surface area contributed by atoms with E-state index in [0.29, 0.717) is 19.4 Å². The van der Waals surface area contributed by atoms with Gasteiger partial charge in [0.2, 0.25) is 11.8 Å². The van der Waals surface area contributed by atoms with Crippen molar-refractivity contribution in [2.45, 2.75) is 73.6 Å². The van der Waals surface area contributed by atoms with Crippen LogP contribution in [0.25, 0.3) is 5.65 Å². The van der Waals surface area contributed by atoms with Crippen molar-refractivity contribution < 1.29 is 9.59 Å². The molecule has 0 N–H and O–H groups in total. The van der Waals surface area contributed by atoms with Crippen LogP contribution in [-0.4, -0.2) is 62.4 Å². The van der Waals surface area contributed by atoms with E-state index in [4.69, 9.17) is 10.1 Å². The Morgan fingerprint density at radius 3 is 2.48 bits per heavy atom. The molecule has 1 atom stereocenters. The van der Waals surface area contributed by atoms with E-state index in [1.165, 1.54) is 0 Å². The third-order valence-corrected chi connectivity index (χ3v) is 6.42. The summed E-state index contributed by atoms with van der Waals surface area (Å²) < 4.78 is 1.91. The first-order valence-electron chi connectivity index (χ1n) is 11.5. The van der Waals surface area contributed by atoms with Crippen LogP contribution in [-0.2, 0) is 16.0 Å². The summed E-state index contributed by atoms with van der Waals surface area (Å²) in [4.78, 5) is 33.7. The lowest BCUT2D eigenvalue weighted by molar-refractivity contribution is -0.138. The van der Waals surface area contributed by atoms with Crippen molar-refractivity contribution in [1.82, 2.24) is 24.4 Å². The van der Waals surface area contributed by atoms with Crippen molar-refractivity contribution in [1.29, 1.82) is 0 Å². The zero-order valence-corrected chi connectivity index (χ0v) is 20.2. The lowest BCUT2D eigenvalue weighted by Gasteiger charge is -2.25. The molecule has 1 saturated heterocycles. The summed E-state index contributed by atoms with van der Waals surface area (Å²) in [6, 6.07) is 2.06. The number of amides is 2. The summed E-state index contributed by atoms with van der Waals surface area (Å²) in [5.41, 5.74) is 4.57. The van der Waals surface area contributed by atoms with Gasteiger partial charge in [0, 0.05) is 61.4 Å². The number of hydrogen-bond donors (Lipinski definition) is 0. The van der Waals surface area contributed by atoms with Gasteiger partial charge < -0.3 is 9.80 Å². The van der Waals surface area contributed by atoms with Crippen molar-refractivity contribution in [2.75, 3.05) is 26.2 Å². The SMILES string of the molecule is CCN(CC)C(=O)CCc1c(C)nc2cc(C3CCN(C(=O)C(C)(C)C)C3)nn2c1C. The van der Waals surface area contributed by atoms with Gasteiger partial charge >= 0.3 is 0 Å². The predicted molar refractivity (Wildman–Crippen MR) is 122 cm³/mol. The quantitative estimate of drug-likeness (QED) is 0.707. The molecule has 2 aromatic heterocycles. The van der Waals surface area contributed by atoms with Crippen molar-refractivity contribution in [3.63, 3.8) is 0 Å². The Balaban J connectivity index is 1.80. The van der Waals surface area contributed by atoms with E-state index in [1.807, 2.05) is 55.9 Å². The number of carbonyl (C=O) groups is 2. The molecule has 1 unspecified atom stereocenters. The van der Waals surface area contributed by atoms with Gasteiger partial charge in [-0.2, -0.15) is 5.10 Å². The molecule has 3 rings (SSSR count). The fourth-order valence-electron chi connectivity index (χ4n) is 4.53. The highest BCUT2D eigenvalue weighted by molar-refractivity contribution is 5.81. The molecule has 7 heteroatoms. The minimum absolute atomic E-state index is 0.180. The highest BCUT2D eigenvalue weighted by Gasteiger charge is 2.34. The Morgan fingerprint density at radius 2 is 1.87 bits per heavy atom. The molecule has 0 saturated carbocycles. The molecule has 2 aromatic rings. The summed E-state index contributed by atoms with van der Waals surface area (Å²) >= 11 is 0. The summed E-state index contributed by atoms with van der Waals surface area (Å²) in [5, 5.41) is 4.87. The standard InChI is InChI=1S/C24H37N5O2/c1-8-27(9-2)22(30)11-10-19-16(3)25-21-14-20(26-29(21)17(19)4)18-12-13-28(15-18)23(31)24(5,6)7/h14,18H,8-13,15H2,1-7H3. The summed E-state index contributed by atoms with van der Waals surface area (Å²) in [5.74, 6) is 0.615. The maximum Gasteiger partial charge on any atom is 0.227 e. The van der Waals surface area contributed by atoms with Crippen molar-refractivity contribution >= 4 is 17.5 Å². The summed E-state index contributed by atoms with van der Waals surface area (Å²) in [7, 11) is 0. The van der Waals surface area contributed by atoms with E-state index in [-0.39, 0.29) is 23.1 Å². The van der Waals surface area contributed by atoms with Crippen LogP contribution in [0.3, 0.4) is 0 Å². The molecular weight excluding hydrogens is 390 g/mol. The Kier molecular flexibility index (Phi) is 6.72. The largest absolute Gasteiger partial charge is 0.343 e. The second-order valence-corrected chi connectivity index (χ2v) is 9.65. The Hall–Kier alpha value is -2.44. The highest BCUT2D eigenvalue weighted by atomic mass is 16.2. The molecule has 0 aliphatic carbocycles. The van der Waals surface area contributed by atoms with E-state index in [9.17, 15) is 9.59 Å². The van der Waals surface area contributed by atoms with Gasteiger partial charge in [0.25, 0.3) is 0 Å². The van der Waals surface area contributed by atoms with Gasteiger partial charge in [0.05, 0.1) is 5.69 Å². The smallest absolute Gasteiger partial charge is 0.227 e. The van der Waals surface area contributed by atoms with Gasteiger partial charge in [-0.3, -0.25) is 9.59 Å². The van der Waals surface area contributed by atoms with Crippen LogP contribution in [0.1, 0.15) is 76.0 Å². The predicted octanol–water partition coefficient (Wildman–Crippen LogP) is 3.51. The number of nitrogens with zero attached hydrogens (tertiary/aromatic N) is 5. The van der Waals surface area contributed by atoms with Crippen LogP contribution in [0.2, 0.25) is 0 Å². The minimum Gasteiger partial charge on any atom is -0.343 e. The molecule has 0 bridgehead atoms. The van der Waals surface area contributed by atoms with Gasteiger partial charge in [-0.05, 0) is 46.1 Å². The number of rotatable bonds is 6. The van der Waals surface area contributed by atoms with Gasteiger partial charge in [-0.1, -0.05) is 20.8 Å². The summed E-state index contributed by atoms with van der Waals surface area (Å²) in [6.45, 7) is 17.0. The monoisotopic (exact) mass is 427 g/mol. The first-order chi connectivity index (χ1) is 14.6. The van der Waals surface area contributed by atoms with E-state index >= 15 is 0 Å². The normalized spacial score (nSPS) is 16.9. The third kappa shape index (κ3) is 4.75. The van der Waals surface area contributed by atoms with Gasteiger partial charge in [-0.25, -0.2) is 9.50 Å². The second-order valence-electron chi connectivity index (χ2n) is 9.65. The minimum atomic E-state index is -0.361. The van der Waals surface area contributed by atoms with Crippen LogP contribution in [0, 0.1) is 19.3 Å². The molecule has 1 aliphatic heterocycles. The number of aromatic nitrogens is 3.